The molecule has 0 fully saturated rings. The van der Waals surface area contributed by atoms with Crippen LogP contribution in [0.2, 0.25) is 0 Å². The summed E-state index contributed by atoms with van der Waals surface area (Å²) >= 11 is 1.89. The van der Waals surface area contributed by atoms with Crippen molar-refractivity contribution in [3.8, 4) is 0 Å². The molecule has 1 rings (SSSR count). The van der Waals surface area contributed by atoms with Crippen LogP contribution in [-0.2, 0) is 4.79 Å². The topological polar surface area (TPSA) is 55.1 Å². The highest BCUT2D eigenvalue weighted by atomic mass is 32.2. The molecule has 19 heavy (non-hydrogen) atoms. The van der Waals surface area contributed by atoms with E-state index in [0.29, 0.717) is 6.42 Å². The molecule has 0 bridgehead atoms. The summed E-state index contributed by atoms with van der Waals surface area (Å²) in [5, 5.41) is 2.93. The normalized spacial score (nSPS) is 11.4. The first-order valence-corrected chi connectivity index (χ1v) is 7.56. The molecule has 1 aromatic carbocycles. The lowest BCUT2D eigenvalue weighted by Gasteiger charge is -2.17. The van der Waals surface area contributed by atoms with Crippen LogP contribution in [-0.4, -0.2) is 16.4 Å². The van der Waals surface area contributed by atoms with Gasteiger partial charge in [0.2, 0.25) is 5.91 Å². The number of hydrogen-bond donors (Lipinski definition) is 2. The van der Waals surface area contributed by atoms with Gasteiger partial charge in [-0.3, -0.25) is 4.79 Å². The number of hydrogen-bond acceptors (Lipinski definition) is 3. The third kappa shape index (κ3) is 6.53. The fourth-order valence-corrected chi connectivity index (χ4v) is 2.55. The van der Waals surface area contributed by atoms with Crippen molar-refractivity contribution in [3.63, 3.8) is 0 Å². The molecule has 0 aliphatic carbocycles. The second-order valence-electron chi connectivity index (χ2n) is 5.69. The van der Waals surface area contributed by atoms with Gasteiger partial charge in [-0.2, -0.15) is 11.8 Å². The Labute approximate surface area is 120 Å². The Kier molecular flexibility index (Phi) is 5.73. The zero-order chi connectivity index (χ0) is 14.5. The third-order valence-corrected chi connectivity index (χ3v) is 3.97. The van der Waals surface area contributed by atoms with Crippen molar-refractivity contribution in [2.24, 2.45) is 0 Å². The Bertz CT molecular complexity index is 438. The fourth-order valence-electron chi connectivity index (χ4n) is 1.65. The summed E-state index contributed by atoms with van der Waals surface area (Å²) in [6.07, 6.45) is 1.47. The second kappa shape index (κ2) is 6.85. The van der Waals surface area contributed by atoms with Crippen molar-refractivity contribution < 1.29 is 4.79 Å². The number of carbonyl (C=O) groups is 1. The van der Waals surface area contributed by atoms with Crippen LogP contribution >= 0.6 is 11.8 Å². The Morgan fingerprint density at radius 3 is 2.63 bits per heavy atom. The van der Waals surface area contributed by atoms with Crippen molar-refractivity contribution in [2.45, 2.75) is 45.3 Å². The molecule has 0 spiro atoms. The van der Waals surface area contributed by atoms with E-state index in [2.05, 4.69) is 26.1 Å². The first-order valence-electron chi connectivity index (χ1n) is 6.58. The van der Waals surface area contributed by atoms with Gasteiger partial charge < -0.3 is 11.1 Å². The van der Waals surface area contributed by atoms with E-state index in [9.17, 15) is 4.79 Å². The molecular formula is C15H24N2OS. The molecule has 0 aliphatic heterocycles. The van der Waals surface area contributed by atoms with E-state index < -0.39 is 0 Å². The van der Waals surface area contributed by atoms with Crippen molar-refractivity contribution >= 4 is 29.0 Å². The molecule has 0 heterocycles. The number of amides is 1. The van der Waals surface area contributed by atoms with Crippen molar-refractivity contribution in [1.82, 2.24) is 0 Å². The predicted octanol–water partition coefficient (Wildman–Crippen LogP) is 3.83. The quantitative estimate of drug-likeness (QED) is 0.636. The van der Waals surface area contributed by atoms with Gasteiger partial charge in [-0.1, -0.05) is 20.8 Å². The minimum atomic E-state index is 0.0716. The molecule has 0 aromatic heterocycles. The standard InChI is InChI=1S/C15H24N2OS/c1-11-10-12(16)7-8-13(11)17-14(18)6-5-9-19-15(2,3)4/h7-8,10H,5-6,9,16H2,1-4H3,(H,17,18). The lowest BCUT2D eigenvalue weighted by molar-refractivity contribution is -0.116. The van der Waals surface area contributed by atoms with E-state index in [4.69, 9.17) is 5.73 Å². The van der Waals surface area contributed by atoms with Crippen LogP contribution < -0.4 is 11.1 Å². The summed E-state index contributed by atoms with van der Waals surface area (Å²) in [5.41, 5.74) is 8.25. The Hall–Kier alpha value is -1.16. The SMILES string of the molecule is Cc1cc(N)ccc1NC(=O)CCCSC(C)(C)C. The number of nitrogen functional groups attached to an aromatic ring is 1. The molecule has 106 valence electrons. The van der Waals surface area contributed by atoms with Crippen molar-refractivity contribution in [2.75, 3.05) is 16.8 Å². The molecule has 0 radical (unpaired) electrons. The molecule has 0 atom stereocenters. The smallest absolute Gasteiger partial charge is 0.224 e. The molecule has 0 saturated carbocycles. The van der Waals surface area contributed by atoms with Gasteiger partial charge in [-0.15, -0.1) is 0 Å². The van der Waals surface area contributed by atoms with Gasteiger partial charge >= 0.3 is 0 Å². The van der Waals surface area contributed by atoms with Gasteiger partial charge in [0.1, 0.15) is 0 Å². The van der Waals surface area contributed by atoms with E-state index in [0.717, 1.165) is 29.1 Å². The van der Waals surface area contributed by atoms with E-state index in [1.807, 2.05) is 30.8 Å². The maximum absolute atomic E-state index is 11.8. The lowest BCUT2D eigenvalue weighted by Crippen LogP contribution is -2.13. The number of rotatable bonds is 5. The summed E-state index contributed by atoms with van der Waals surface area (Å²) in [5.74, 6) is 1.08. The highest BCUT2D eigenvalue weighted by Gasteiger charge is 2.10. The minimum absolute atomic E-state index is 0.0716. The first-order chi connectivity index (χ1) is 8.78. The Morgan fingerprint density at radius 1 is 1.37 bits per heavy atom. The third-order valence-electron chi connectivity index (χ3n) is 2.61. The molecule has 1 amide bonds. The lowest BCUT2D eigenvalue weighted by atomic mass is 10.1. The molecule has 4 heteroatoms. The number of aryl methyl sites for hydroxylation is 1. The molecule has 0 unspecified atom stereocenters. The summed E-state index contributed by atoms with van der Waals surface area (Å²) < 4.78 is 0.268. The average Bonchev–Trinajstić information content (AvgIpc) is 2.27. The van der Waals surface area contributed by atoms with Crippen molar-refractivity contribution in [3.05, 3.63) is 23.8 Å². The Balaban J connectivity index is 2.35. The minimum Gasteiger partial charge on any atom is -0.399 e. The van der Waals surface area contributed by atoms with Crippen LogP contribution in [0.1, 0.15) is 39.2 Å². The van der Waals surface area contributed by atoms with E-state index in [1.165, 1.54) is 0 Å². The molecule has 0 saturated heterocycles. The zero-order valence-electron chi connectivity index (χ0n) is 12.2. The van der Waals surface area contributed by atoms with Crippen LogP contribution in [0.3, 0.4) is 0 Å². The predicted molar refractivity (Wildman–Crippen MR) is 85.7 cm³/mol. The van der Waals surface area contributed by atoms with Crippen LogP contribution in [0, 0.1) is 6.92 Å². The highest BCUT2D eigenvalue weighted by Crippen LogP contribution is 2.24. The summed E-state index contributed by atoms with van der Waals surface area (Å²) in [6, 6.07) is 5.52. The molecular weight excluding hydrogens is 256 g/mol. The van der Waals surface area contributed by atoms with E-state index in [-0.39, 0.29) is 10.7 Å². The molecule has 3 N–H and O–H groups in total. The van der Waals surface area contributed by atoms with Gasteiger partial charge in [-0.25, -0.2) is 0 Å². The molecule has 1 aromatic rings. The molecule has 0 aliphatic rings. The van der Waals surface area contributed by atoms with Gasteiger partial charge in [-0.05, 0) is 42.9 Å². The van der Waals surface area contributed by atoms with Crippen LogP contribution in [0.15, 0.2) is 18.2 Å². The summed E-state index contributed by atoms with van der Waals surface area (Å²) in [6.45, 7) is 8.52. The largest absolute Gasteiger partial charge is 0.399 e. The number of carbonyl (C=O) groups excluding carboxylic acids is 1. The Morgan fingerprint density at radius 2 is 2.05 bits per heavy atom. The number of nitrogens with two attached hydrogens (primary N) is 1. The number of anilines is 2. The van der Waals surface area contributed by atoms with Crippen LogP contribution in [0.25, 0.3) is 0 Å². The molecule has 3 nitrogen and oxygen atoms in total. The maximum atomic E-state index is 11.8. The average molecular weight is 280 g/mol. The fraction of sp³-hybridized carbons (Fsp3) is 0.533. The van der Waals surface area contributed by atoms with Gasteiger partial charge in [0.05, 0.1) is 0 Å². The van der Waals surface area contributed by atoms with E-state index >= 15 is 0 Å². The first kappa shape index (κ1) is 15.9. The van der Waals surface area contributed by atoms with Gasteiger partial charge in [0.25, 0.3) is 0 Å². The highest BCUT2D eigenvalue weighted by molar-refractivity contribution is 8.00. The van der Waals surface area contributed by atoms with Crippen LogP contribution in [0.4, 0.5) is 11.4 Å². The zero-order valence-corrected chi connectivity index (χ0v) is 13.1. The maximum Gasteiger partial charge on any atom is 0.224 e. The second-order valence-corrected chi connectivity index (χ2v) is 7.61. The van der Waals surface area contributed by atoms with Gasteiger partial charge in [0.15, 0.2) is 0 Å². The number of benzene rings is 1. The van der Waals surface area contributed by atoms with Gasteiger partial charge in [0, 0.05) is 22.5 Å². The number of thioether (sulfide) groups is 1. The van der Waals surface area contributed by atoms with Crippen LogP contribution in [0.5, 0.6) is 0 Å². The summed E-state index contributed by atoms with van der Waals surface area (Å²) in [4.78, 5) is 11.8. The monoisotopic (exact) mass is 280 g/mol. The van der Waals surface area contributed by atoms with E-state index in [1.54, 1.807) is 6.07 Å². The number of nitrogens with one attached hydrogen (secondary N) is 1. The van der Waals surface area contributed by atoms with Crippen molar-refractivity contribution in [1.29, 1.82) is 0 Å². The summed E-state index contributed by atoms with van der Waals surface area (Å²) in [7, 11) is 0.